The molecule has 3 rings (SSSR count). The molecule has 0 atom stereocenters. The predicted molar refractivity (Wildman–Crippen MR) is 80.0 cm³/mol. The zero-order valence-electron chi connectivity index (χ0n) is 11.3. The summed E-state index contributed by atoms with van der Waals surface area (Å²) in [6.07, 6.45) is 6.93. The molecule has 1 aliphatic heterocycles. The summed E-state index contributed by atoms with van der Waals surface area (Å²) in [5, 5.41) is 3.14. The van der Waals surface area contributed by atoms with Crippen molar-refractivity contribution in [3.8, 4) is 0 Å². The maximum atomic E-state index is 6.21. The van der Waals surface area contributed by atoms with Crippen molar-refractivity contribution in [1.82, 2.24) is 15.0 Å². The molecule has 2 aromatic rings. The molecule has 6 heteroatoms. The normalized spacial score (nSPS) is 15.1. The molecule has 0 spiro atoms. The highest BCUT2D eigenvalue weighted by Gasteiger charge is 2.17. The first-order valence-corrected chi connectivity index (χ1v) is 6.88. The molecule has 1 fully saturated rings. The molecule has 0 aliphatic carbocycles. The van der Waals surface area contributed by atoms with Gasteiger partial charge in [0, 0.05) is 19.3 Å². The average molecular weight is 270 g/mol. The number of nitrogens with two attached hydrogens (primary N) is 1. The number of rotatable bonds is 3. The van der Waals surface area contributed by atoms with Gasteiger partial charge >= 0.3 is 0 Å². The van der Waals surface area contributed by atoms with Crippen molar-refractivity contribution in [2.45, 2.75) is 19.3 Å². The number of piperidine rings is 1. The van der Waals surface area contributed by atoms with Gasteiger partial charge in [0.15, 0.2) is 11.6 Å². The largest absolute Gasteiger partial charge is 0.393 e. The number of anilines is 4. The van der Waals surface area contributed by atoms with Gasteiger partial charge in [0.1, 0.15) is 17.8 Å². The number of hydrogen-bond donors (Lipinski definition) is 2. The SMILES string of the molecule is Nc1c(Nc2ccccn2)ncnc1N1CCCCC1. The lowest BCUT2D eigenvalue weighted by atomic mass is 10.1. The zero-order chi connectivity index (χ0) is 13.8. The van der Waals surface area contributed by atoms with Gasteiger partial charge in [0.25, 0.3) is 0 Å². The van der Waals surface area contributed by atoms with E-state index in [1.165, 1.54) is 19.3 Å². The van der Waals surface area contributed by atoms with Crippen molar-refractivity contribution in [2.24, 2.45) is 0 Å². The summed E-state index contributed by atoms with van der Waals surface area (Å²) in [6, 6.07) is 5.66. The molecule has 0 bridgehead atoms. The van der Waals surface area contributed by atoms with Crippen LogP contribution in [0.4, 0.5) is 23.1 Å². The highest BCUT2D eigenvalue weighted by molar-refractivity contribution is 5.77. The van der Waals surface area contributed by atoms with Crippen LogP contribution in [0.25, 0.3) is 0 Å². The number of hydrogen-bond acceptors (Lipinski definition) is 6. The van der Waals surface area contributed by atoms with E-state index in [2.05, 4.69) is 25.2 Å². The van der Waals surface area contributed by atoms with Crippen LogP contribution in [-0.4, -0.2) is 28.0 Å². The molecule has 1 aliphatic rings. The Kier molecular flexibility index (Phi) is 3.62. The molecule has 104 valence electrons. The quantitative estimate of drug-likeness (QED) is 0.890. The molecule has 20 heavy (non-hydrogen) atoms. The smallest absolute Gasteiger partial charge is 0.160 e. The maximum absolute atomic E-state index is 6.21. The lowest BCUT2D eigenvalue weighted by Gasteiger charge is -2.28. The van der Waals surface area contributed by atoms with Crippen molar-refractivity contribution >= 4 is 23.1 Å². The van der Waals surface area contributed by atoms with Gasteiger partial charge < -0.3 is 16.0 Å². The van der Waals surface area contributed by atoms with E-state index >= 15 is 0 Å². The Labute approximate surface area is 118 Å². The van der Waals surface area contributed by atoms with E-state index in [1.807, 2.05) is 18.2 Å². The predicted octanol–water partition coefficient (Wildman–Crippen LogP) is 2.19. The Morgan fingerprint density at radius 3 is 2.65 bits per heavy atom. The molecule has 0 saturated carbocycles. The van der Waals surface area contributed by atoms with E-state index in [0.29, 0.717) is 11.5 Å². The number of nitrogens with one attached hydrogen (secondary N) is 1. The van der Waals surface area contributed by atoms with Crippen LogP contribution in [0.3, 0.4) is 0 Å². The standard InChI is InChI=1S/C14H18N6/c15-12-13(19-11-6-2-3-7-16-11)17-10-18-14(12)20-8-4-1-5-9-20/h2-3,6-7,10H,1,4-5,8-9,15H2,(H,16,17,18,19). The van der Waals surface area contributed by atoms with E-state index in [0.717, 1.165) is 24.7 Å². The van der Waals surface area contributed by atoms with E-state index in [4.69, 9.17) is 5.73 Å². The number of nitrogens with zero attached hydrogens (tertiary/aromatic N) is 4. The minimum Gasteiger partial charge on any atom is -0.393 e. The number of nitrogen functional groups attached to an aromatic ring is 1. The van der Waals surface area contributed by atoms with Gasteiger partial charge in [0.2, 0.25) is 0 Å². The minimum atomic E-state index is 0.583. The molecule has 0 radical (unpaired) electrons. The molecule has 2 aromatic heterocycles. The number of aromatic nitrogens is 3. The highest BCUT2D eigenvalue weighted by Crippen LogP contribution is 2.29. The van der Waals surface area contributed by atoms with E-state index in [-0.39, 0.29) is 0 Å². The average Bonchev–Trinajstić information content (AvgIpc) is 2.51. The summed E-state index contributed by atoms with van der Waals surface area (Å²) in [4.78, 5) is 15.0. The molecule has 6 nitrogen and oxygen atoms in total. The molecule has 0 unspecified atom stereocenters. The fraction of sp³-hybridized carbons (Fsp3) is 0.357. The van der Waals surface area contributed by atoms with Crippen molar-refractivity contribution in [1.29, 1.82) is 0 Å². The van der Waals surface area contributed by atoms with E-state index in [1.54, 1.807) is 12.5 Å². The first-order chi connectivity index (χ1) is 9.84. The molecular formula is C14H18N6. The van der Waals surface area contributed by atoms with Crippen LogP contribution in [-0.2, 0) is 0 Å². The van der Waals surface area contributed by atoms with Crippen LogP contribution < -0.4 is 16.0 Å². The van der Waals surface area contributed by atoms with Crippen LogP contribution in [0, 0.1) is 0 Å². The van der Waals surface area contributed by atoms with Crippen LogP contribution in [0.1, 0.15) is 19.3 Å². The Balaban J connectivity index is 1.85. The lowest BCUT2D eigenvalue weighted by Crippen LogP contribution is -2.31. The summed E-state index contributed by atoms with van der Waals surface area (Å²) >= 11 is 0. The molecule has 0 aromatic carbocycles. The number of pyridine rings is 1. The highest BCUT2D eigenvalue weighted by atomic mass is 15.2. The minimum absolute atomic E-state index is 0.583. The summed E-state index contributed by atoms with van der Waals surface area (Å²) in [6.45, 7) is 2.01. The van der Waals surface area contributed by atoms with Gasteiger partial charge in [-0.05, 0) is 31.4 Å². The second-order valence-corrected chi connectivity index (χ2v) is 4.85. The van der Waals surface area contributed by atoms with Gasteiger partial charge in [0.05, 0.1) is 0 Å². The Bertz CT molecular complexity index is 565. The van der Waals surface area contributed by atoms with Crippen LogP contribution in [0.2, 0.25) is 0 Å². The molecule has 1 saturated heterocycles. The van der Waals surface area contributed by atoms with Gasteiger partial charge in [-0.3, -0.25) is 0 Å². The molecule has 0 amide bonds. The molecule has 3 N–H and O–H groups in total. The van der Waals surface area contributed by atoms with E-state index < -0.39 is 0 Å². The van der Waals surface area contributed by atoms with Crippen LogP contribution in [0.15, 0.2) is 30.7 Å². The van der Waals surface area contributed by atoms with Gasteiger partial charge in [-0.25, -0.2) is 15.0 Å². The monoisotopic (exact) mass is 270 g/mol. The first-order valence-electron chi connectivity index (χ1n) is 6.88. The molecule has 3 heterocycles. The zero-order valence-corrected chi connectivity index (χ0v) is 11.3. The topological polar surface area (TPSA) is 80.0 Å². The van der Waals surface area contributed by atoms with Crippen molar-refractivity contribution in [3.63, 3.8) is 0 Å². The second kappa shape index (κ2) is 5.73. The Morgan fingerprint density at radius 1 is 1.05 bits per heavy atom. The van der Waals surface area contributed by atoms with Gasteiger partial charge in [-0.1, -0.05) is 6.07 Å². The third-order valence-corrected chi connectivity index (χ3v) is 3.43. The van der Waals surface area contributed by atoms with Gasteiger partial charge in [-0.2, -0.15) is 0 Å². The lowest BCUT2D eigenvalue weighted by molar-refractivity contribution is 0.574. The summed E-state index contributed by atoms with van der Waals surface area (Å²) in [7, 11) is 0. The Hall–Kier alpha value is -2.37. The first kappa shape index (κ1) is 12.7. The van der Waals surface area contributed by atoms with Gasteiger partial charge in [-0.15, -0.1) is 0 Å². The van der Waals surface area contributed by atoms with Crippen molar-refractivity contribution in [3.05, 3.63) is 30.7 Å². The summed E-state index contributed by atoms with van der Waals surface area (Å²) < 4.78 is 0. The third-order valence-electron chi connectivity index (χ3n) is 3.43. The third kappa shape index (κ3) is 2.64. The fourth-order valence-corrected chi connectivity index (χ4v) is 2.40. The Morgan fingerprint density at radius 2 is 1.90 bits per heavy atom. The second-order valence-electron chi connectivity index (χ2n) is 4.85. The maximum Gasteiger partial charge on any atom is 0.160 e. The summed E-state index contributed by atoms with van der Waals surface area (Å²) in [5.74, 6) is 2.15. The molecular weight excluding hydrogens is 252 g/mol. The fourth-order valence-electron chi connectivity index (χ4n) is 2.40. The van der Waals surface area contributed by atoms with E-state index in [9.17, 15) is 0 Å². The van der Waals surface area contributed by atoms with Crippen molar-refractivity contribution < 1.29 is 0 Å². The summed E-state index contributed by atoms with van der Waals surface area (Å²) in [5.41, 5.74) is 6.79. The van der Waals surface area contributed by atoms with Crippen molar-refractivity contribution in [2.75, 3.05) is 29.0 Å². The van der Waals surface area contributed by atoms with Crippen LogP contribution in [0.5, 0.6) is 0 Å². The van der Waals surface area contributed by atoms with Crippen LogP contribution >= 0.6 is 0 Å².